The van der Waals surface area contributed by atoms with Crippen molar-refractivity contribution in [1.29, 1.82) is 0 Å². The lowest BCUT2D eigenvalue weighted by atomic mass is 9.99. The van der Waals surface area contributed by atoms with Gasteiger partial charge in [0.25, 0.3) is 0 Å². The predicted molar refractivity (Wildman–Crippen MR) is 89.4 cm³/mol. The fraction of sp³-hybridized carbons (Fsp3) is 0.556. The average molecular weight is 288 g/mol. The van der Waals surface area contributed by atoms with Crippen LogP contribution in [0.1, 0.15) is 45.4 Å². The first kappa shape index (κ1) is 16.1. The van der Waals surface area contributed by atoms with E-state index in [-0.39, 0.29) is 5.54 Å². The zero-order valence-electron chi connectivity index (χ0n) is 14.0. The first-order chi connectivity index (χ1) is 9.99. The lowest BCUT2D eigenvalue weighted by molar-refractivity contribution is 0.133. The van der Waals surface area contributed by atoms with E-state index in [2.05, 4.69) is 63.2 Å². The van der Waals surface area contributed by atoms with Crippen LogP contribution in [-0.2, 0) is 13.1 Å². The molecule has 0 fully saturated rings. The van der Waals surface area contributed by atoms with Crippen molar-refractivity contribution in [2.45, 2.75) is 52.7 Å². The van der Waals surface area contributed by atoms with Crippen LogP contribution in [0.3, 0.4) is 0 Å². The number of hydrogen-bond acceptors (Lipinski definition) is 3. The van der Waals surface area contributed by atoms with Crippen molar-refractivity contribution in [1.82, 2.24) is 10.2 Å². The van der Waals surface area contributed by atoms with Crippen LogP contribution >= 0.6 is 0 Å². The number of furan rings is 1. The molecular weight excluding hydrogens is 260 g/mol. The summed E-state index contributed by atoms with van der Waals surface area (Å²) >= 11 is 0. The van der Waals surface area contributed by atoms with E-state index in [1.807, 2.05) is 6.07 Å². The molecule has 0 saturated heterocycles. The van der Waals surface area contributed by atoms with Gasteiger partial charge >= 0.3 is 0 Å². The van der Waals surface area contributed by atoms with Crippen LogP contribution in [-0.4, -0.2) is 24.0 Å². The molecule has 21 heavy (non-hydrogen) atoms. The summed E-state index contributed by atoms with van der Waals surface area (Å²) in [6.07, 6.45) is 1.12. The Bertz CT molecular complexity index is 586. The second kappa shape index (κ2) is 6.63. The van der Waals surface area contributed by atoms with Crippen LogP contribution in [0.15, 0.2) is 28.7 Å². The Kier molecular flexibility index (Phi) is 5.07. The number of rotatable bonds is 7. The lowest BCUT2D eigenvalue weighted by Gasteiger charge is -2.34. The van der Waals surface area contributed by atoms with E-state index in [1.165, 1.54) is 10.9 Å². The average Bonchev–Trinajstić information content (AvgIpc) is 2.82. The third-order valence-electron chi connectivity index (χ3n) is 4.61. The molecule has 0 bridgehead atoms. The fourth-order valence-electron chi connectivity index (χ4n) is 2.42. The van der Waals surface area contributed by atoms with Crippen molar-refractivity contribution in [3.05, 3.63) is 35.6 Å². The highest BCUT2D eigenvalue weighted by molar-refractivity contribution is 5.82. The molecule has 1 aromatic heterocycles. The van der Waals surface area contributed by atoms with Gasteiger partial charge in [0.05, 0.1) is 6.54 Å². The van der Waals surface area contributed by atoms with Gasteiger partial charge in [0.1, 0.15) is 11.3 Å². The maximum absolute atomic E-state index is 6.12. The molecule has 0 aliphatic heterocycles. The number of nitrogens with one attached hydrogen (secondary N) is 1. The number of nitrogens with zero attached hydrogens (tertiary/aromatic N) is 1. The number of para-hydroxylation sites is 1. The summed E-state index contributed by atoms with van der Waals surface area (Å²) in [5.41, 5.74) is 2.46. The van der Waals surface area contributed by atoms with E-state index in [0.717, 1.165) is 37.4 Å². The Morgan fingerprint density at radius 2 is 1.90 bits per heavy atom. The van der Waals surface area contributed by atoms with Gasteiger partial charge in [-0.25, -0.2) is 0 Å². The molecule has 116 valence electrons. The van der Waals surface area contributed by atoms with Crippen LogP contribution in [0.2, 0.25) is 0 Å². The summed E-state index contributed by atoms with van der Waals surface area (Å²) in [6.45, 7) is 11.6. The van der Waals surface area contributed by atoms with E-state index < -0.39 is 0 Å². The standard InChI is InChI=1S/C18H28N2O/c1-6-18(3,4)20(5)13-17-15(12-19-7-2)14-10-8-9-11-16(14)21-17/h8-11,19H,6-7,12-13H2,1-5H3. The largest absolute Gasteiger partial charge is 0.459 e. The zero-order chi connectivity index (χ0) is 15.5. The Labute approximate surface area is 128 Å². The molecule has 1 heterocycles. The van der Waals surface area contributed by atoms with Crippen molar-refractivity contribution in [3.8, 4) is 0 Å². The second-order valence-corrected chi connectivity index (χ2v) is 6.30. The third kappa shape index (κ3) is 3.47. The molecule has 0 saturated carbocycles. The second-order valence-electron chi connectivity index (χ2n) is 6.30. The Morgan fingerprint density at radius 3 is 2.57 bits per heavy atom. The van der Waals surface area contributed by atoms with Crippen LogP contribution < -0.4 is 5.32 Å². The fourth-order valence-corrected chi connectivity index (χ4v) is 2.42. The van der Waals surface area contributed by atoms with Crippen molar-refractivity contribution in [2.24, 2.45) is 0 Å². The molecule has 1 aromatic carbocycles. The van der Waals surface area contributed by atoms with Crippen molar-refractivity contribution in [2.75, 3.05) is 13.6 Å². The molecule has 1 N–H and O–H groups in total. The molecular formula is C18H28N2O. The van der Waals surface area contributed by atoms with E-state index in [4.69, 9.17) is 4.42 Å². The molecule has 3 nitrogen and oxygen atoms in total. The highest BCUT2D eigenvalue weighted by Gasteiger charge is 2.24. The van der Waals surface area contributed by atoms with Crippen LogP contribution in [0, 0.1) is 0 Å². The van der Waals surface area contributed by atoms with Gasteiger partial charge in [-0.05, 0) is 39.9 Å². The third-order valence-corrected chi connectivity index (χ3v) is 4.61. The number of fused-ring (bicyclic) bond motifs is 1. The molecule has 0 aliphatic rings. The lowest BCUT2D eigenvalue weighted by Crippen LogP contribution is -2.39. The van der Waals surface area contributed by atoms with Crippen LogP contribution in [0.4, 0.5) is 0 Å². The first-order valence-corrected chi connectivity index (χ1v) is 7.90. The van der Waals surface area contributed by atoms with Crippen molar-refractivity contribution >= 4 is 11.0 Å². The molecule has 0 spiro atoms. The van der Waals surface area contributed by atoms with E-state index in [0.29, 0.717) is 0 Å². The minimum Gasteiger partial charge on any atom is -0.459 e. The maximum Gasteiger partial charge on any atom is 0.134 e. The molecule has 0 radical (unpaired) electrons. The Balaban J connectivity index is 2.33. The summed E-state index contributed by atoms with van der Waals surface area (Å²) in [5.74, 6) is 1.08. The van der Waals surface area contributed by atoms with Gasteiger partial charge in [-0.2, -0.15) is 0 Å². The van der Waals surface area contributed by atoms with Gasteiger partial charge in [0.15, 0.2) is 0 Å². The Morgan fingerprint density at radius 1 is 1.19 bits per heavy atom. The smallest absolute Gasteiger partial charge is 0.134 e. The summed E-state index contributed by atoms with van der Waals surface area (Å²) in [4.78, 5) is 2.38. The maximum atomic E-state index is 6.12. The van der Waals surface area contributed by atoms with E-state index in [9.17, 15) is 0 Å². The van der Waals surface area contributed by atoms with Gasteiger partial charge in [-0.1, -0.05) is 32.0 Å². The minimum atomic E-state index is 0.175. The van der Waals surface area contributed by atoms with Gasteiger partial charge in [0, 0.05) is 23.0 Å². The van der Waals surface area contributed by atoms with Gasteiger partial charge < -0.3 is 9.73 Å². The monoisotopic (exact) mass is 288 g/mol. The summed E-state index contributed by atoms with van der Waals surface area (Å²) in [7, 11) is 2.17. The molecule has 0 atom stereocenters. The van der Waals surface area contributed by atoms with Crippen LogP contribution in [0.25, 0.3) is 11.0 Å². The van der Waals surface area contributed by atoms with Gasteiger partial charge in [-0.3, -0.25) is 4.90 Å². The summed E-state index contributed by atoms with van der Waals surface area (Å²) in [6, 6.07) is 8.32. The molecule has 0 unspecified atom stereocenters. The predicted octanol–water partition coefficient (Wildman–Crippen LogP) is 4.16. The normalized spacial score (nSPS) is 12.5. The first-order valence-electron chi connectivity index (χ1n) is 7.90. The summed E-state index contributed by atoms with van der Waals surface area (Å²) in [5, 5.41) is 4.66. The van der Waals surface area contributed by atoms with Crippen LogP contribution in [0.5, 0.6) is 0 Å². The Hall–Kier alpha value is -1.32. The molecule has 0 amide bonds. The minimum absolute atomic E-state index is 0.175. The van der Waals surface area contributed by atoms with Crippen molar-refractivity contribution < 1.29 is 4.42 Å². The van der Waals surface area contributed by atoms with E-state index in [1.54, 1.807) is 0 Å². The van der Waals surface area contributed by atoms with Gasteiger partial charge in [-0.15, -0.1) is 0 Å². The summed E-state index contributed by atoms with van der Waals surface area (Å²) < 4.78 is 6.12. The molecule has 2 rings (SSSR count). The number of hydrogen-bond donors (Lipinski definition) is 1. The topological polar surface area (TPSA) is 28.4 Å². The number of benzene rings is 1. The van der Waals surface area contributed by atoms with Crippen molar-refractivity contribution in [3.63, 3.8) is 0 Å². The highest BCUT2D eigenvalue weighted by atomic mass is 16.3. The SMILES string of the molecule is CCNCc1c(CN(C)C(C)(C)CC)oc2ccccc12. The van der Waals surface area contributed by atoms with E-state index >= 15 is 0 Å². The highest BCUT2D eigenvalue weighted by Crippen LogP contribution is 2.28. The zero-order valence-corrected chi connectivity index (χ0v) is 14.0. The molecule has 0 aliphatic carbocycles. The quantitative estimate of drug-likeness (QED) is 0.829. The molecule has 2 aromatic rings. The molecule has 3 heteroatoms. The van der Waals surface area contributed by atoms with Gasteiger partial charge in [0.2, 0.25) is 0 Å².